The fourth-order valence-electron chi connectivity index (χ4n) is 2.82. The molecule has 2 aliphatic rings. The Morgan fingerprint density at radius 3 is 2.65 bits per heavy atom. The summed E-state index contributed by atoms with van der Waals surface area (Å²) in [6.07, 6.45) is -1.17. The maximum atomic E-state index is 11.4. The van der Waals surface area contributed by atoms with Crippen LogP contribution in [0, 0.1) is 0 Å². The summed E-state index contributed by atoms with van der Waals surface area (Å²) in [6, 6.07) is -0.870. The summed E-state index contributed by atoms with van der Waals surface area (Å²) in [5.74, 6) is -1.03. The Kier molecular flexibility index (Phi) is 6.84. The number of hydrogen-bond donors (Lipinski definition) is 4. The lowest BCUT2D eigenvalue weighted by atomic mass is 9.88. The van der Waals surface area contributed by atoms with Crippen LogP contribution in [0.5, 0.6) is 0 Å². The fraction of sp³-hybridized carbons (Fsp3) is 0.688. The molecule has 2 bridgehead atoms. The number of carbonyl (C=O) groups excluding carboxylic acids is 3. The minimum absolute atomic E-state index is 0.000311. The van der Waals surface area contributed by atoms with Crippen LogP contribution in [0.1, 0.15) is 13.8 Å². The van der Waals surface area contributed by atoms with Gasteiger partial charge in [-0.05, 0) is 13.0 Å². The van der Waals surface area contributed by atoms with Gasteiger partial charge >= 0.3 is 0 Å². The second kappa shape index (κ2) is 8.69. The molecule has 10 nitrogen and oxygen atoms in total. The predicted molar refractivity (Wildman–Crippen MR) is 86.8 cm³/mol. The van der Waals surface area contributed by atoms with E-state index >= 15 is 0 Å². The highest BCUT2D eigenvalue weighted by Crippen LogP contribution is 2.37. The van der Waals surface area contributed by atoms with Crippen molar-refractivity contribution < 1.29 is 38.8 Å². The maximum absolute atomic E-state index is 11.4. The minimum Gasteiger partial charge on any atom is -0.388 e. The molecule has 0 aromatic heterocycles. The Morgan fingerprint density at radius 1 is 1.27 bits per heavy atom. The molecular formula is C16H24N2O8. The first-order valence-corrected chi connectivity index (χ1v) is 8.22. The molecule has 146 valence electrons. The first-order chi connectivity index (χ1) is 12.2. The van der Waals surface area contributed by atoms with Crippen molar-refractivity contribution in [2.75, 3.05) is 26.4 Å². The zero-order chi connectivity index (χ0) is 19.3. The highest BCUT2D eigenvalue weighted by atomic mass is 16.7. The van der Waals surface area contributed by atoms with Gasteiger partial charge in [0.15, 0.2) is 12.1 Å². The number of fused-ring (bicyclic) bond motifs is 2. The van der Waals surface area contributed by atoms with Gasteiger partial charge in [0.1, 0.15) is 23.9 Å². The number of carbonyl (C=O) groups is 3. The fourth-order valence-corrected chi connectivity index (χ4v) is 2.82. The molecule has 2 amide bonds. The first kappa shape index (κ1) is 20.5. The van der Waals surface area contributed by atoms with Crippen LogP contribution in [0.2, 0.25) is 0 Å². The molecular weight excluding hydrogens is 348 g/mol. The maximum Gasteiger partial charge on any atom is 0.244 e. The van der Waals surface area contributed by atoms with Crippen molar-refractivity contribution in [2.45, 2.75) is 44.0 Å². The van der Waals surface area contributed by atoms with Crippen molar-refractivity contribution in [2.24, 2.45) is 0 Å². The van der Waals surface area contributed by atoms with E-state index in [0.29, 0.717) is 0 Å². The molecule has 5 atom stereocenters. The topological polar surface area (TPSA) is 143 Å². The molecule has 26 heavy (non-hydrogen) atoms. The normalized spacial score (nSPS) is 33.2. The van der Waals surface area contributed by atoms with Crippen molar-refractivity contribution >= 4 is 17.6 Å². The largest absolute Gasteiger partial charge is 0.388 e. The summed E-state index contributed by atoms with van der Waals surface area (Å²) < 4.78 is 16.5. The molecule has 0 spiro atoms. The van der Waals surface area contributed by atoms with E-state index in [4.69, 9.17) is 14.2 Å². The van der Waals surface area contributed by atoms with Crippen LogP contribution in [0.15, 0.2) is 12.2 Å². The zero-order valence-corrected chi connectivity index (χ0v) is 14.6. The molecule has 0 aromatic rings. The van der Waals surface area contributed by atoms with Gasteiger partial charge in [-0.3, -0.25) is 14.4 Å². The van der Waals surface area contributed by atoms with Crippen molar-refractivity contribution in [3.8, 4) is 0 Å². The number of aliphatic hydroxyl groups excluding tert-OH is 2. The smallest absolute Gasteiger partial charge is 0.244 e. The van der Waals surface area contributed by atoms with Crippen molar-refractivity contribution in [3.63, 3.8) is 0 Å². The molecule has 0 aromatic carbocycles. The van der Waals surface area contributed by atoms with Crippen LogP contribution < -0.4 is 10.6 Å². The molecule has 2 aliphatic heterocycles. The lowest BCUT2D eigenvalue weighted by Crippen LogP contribution is -2.66. The van der Waals surface area contributed by atoms with Gasteiger partial charge in [0.2, 0.25) is 11.8 Å². The van der Waals surface area contributed by atoms with E-state index in [1.807, 2.05) is 0 Å². The van der Waals surface area contributed by atoms with Gasteiger partial charge in [-0.25, -0.2) is 0 Å². The van der Waals surface area contributed by atoms with E-state index in [1.165, 1.54) is 13.8 Å². The van der Waals surface area contributed by atoms with E-state index in [-0.39, 0.29) is 38.1 Å². The molecule has 0 unspecified atom stereocenters. The summed E-state index contributed by atoms with van der Waals surface area (Å²) in [6.45, 7) is 2.89. The van der Waals surface area contributed by atoms with Gasteiger partial charge < -0.3 is 35.1 Å². The lowest BCUT2D eigenvalue weighted by molar-refractivity contribution is -0.237. The van der Waals surface area contributed by atoms with Crippen LogP contribution >= 0.6 is 0 Å². The van der Waals surface area contributed by atoms with Gasteiger partial charge in [0.25, 0.3) is 0 Å². The number of ketones is 1. The van der Waals surface area contributed by atoms with Gasteiger partial charge in [-0.15, -0.1) is 0 Å². The summed E-state index contributed by atoms with van der Waals surface area (Å²) in [5.41, 5.74) is -1.24. The van der Waals surface area contributed by atoms with Gasteiger partial charge in [0, 0.05) is 19.5 Å². The number of ether oxygens (including phenoxy) is 3. The SMILES string of the molecule is CC(=O)/C=C/C(=O)NCCOC[C@@]12CO[C@@H](O1)[C@@H](NC(C)=O)[C@@H](O)[C@H]2O. The predicted octanol–water partition coefficient (Wildman–Crippen LogP) is -2.38. The molecule has 10 heteroatoms. The lowest BCUT2D eigenvalue weighted by Gasteiger charge is -2.42. The van der Waals surface area contributed by atoms with Gasteiger partial charge in [0.05, 0.1) is 19.8 Å². The van der Waals surface area contributed by atoms with Crippen molar-refractivity contribution in [1.82, 2.24) is 10.6 Å². The van der Waals surface area contributed by atoms with Gasteiger partial charge in [-0.2, -0.15) is 0 Å². The zero-order valence-electron chi connectivity index (χ0n) is 14.6. The first-order valence-electron chi connectivity index (χ1n) is 8.22. The number of amides is 2. The van der Waals surface area contributed by atoms with E-state index in [0.717, 1.165) is 12.2 Å². The Morgan fingerprint density at radius 2 is 2.00 bits per heavy atom. The number of hydrogen-bond acceptors (Lipinski definition) is 8. The summed E-state index contributed by atoms with van der Waals surface area (Å²) in [7, 11) is 0. The van der Waals surface area contributed by atoms with Crippen LogP contribution in [0.25, 0.3) is 0 Å². The number of nitrogens with one attached hydrogen (secondary N) is 2. The average Bonchev–Trinajstić information content (AvgIpc) is 2.97. The summed E-state index contributed by atoms with van der Waals surface area (Å²) in [4.78, 5) is 33.3. The Balaban J connectivity index is 1.79. The third kappa shape index (κ3) is 4.86. The highest BCUT2D eigenvalue weighted by molar-refractivity contribution is 5.96. The number of rotatable bonds is 8. The Bertz CT molecular complexity index is 581. The average molecular weight is 372 g/mol. The third-order valence-corrected chi connectivity index (χ3v) is 4.10. The van der Waals surface area contributed by atoms with Gasteiger partial charge in [-0.1, -0.05) is 0 Å². The summed E-state index contributed by atoms with van der Waals surface area (Å²) >= 11 is 0. The van der Waals surface area contributed by atoms with Crippen LogP contribution in [-0.2, 0) is 28.6 Å². The second-order valence-electron chi connectivity index (χ2n) is 6.31. The van der Waals surface area contributed by atoms with E-state index < -0.39 is 36.0 Å². The van der Waals surface area contributed by atoms with E-state index in [9.17, 15) is 24.6 Å². The third-order valence-electron chi connectivity index (χ3n) is 4.10. The molecule has 0 radical (unpaired) electrons. The van der Waals surface area contributed by atoms with E-state index in [2.05, 4.69) is 10.6 Å². The molecule has 2 rings (SSSR count). The van der Waals surface area contributed by atoms with Crippen LogP contribution in [0.3, 0.4) is 0 Å². The Hall–Kier alpha value is -1.85. The standard InChI is InChI=1S/C16H24N2O8/c1-9(19)3-4-11(21)17-5-6-24-7-16-8-25-15(26-16)12(18-10(2)20)13(22)14(16)23/h3-4,12-15,22-23H,5-8H2,1-2H3,(H,17,21)(H,18,20)/b4-3+/t12-,13+,14+,15-,16-/m0/s1. The monoisotopic (exact) mass is 372 g/mol. The molecule has 2 heterocycles. The number of aliphatic hydroxyl groups is 2. The molecule has 0 aliphatic carbocycles. The highest BCUT2D eigenvalue weighted by Gasteiger charge is 2.59. The quantitative estimate of drug-likeness (QED) is 0.273. The minimum atomic E-state index is -1.31. The van der Waals surface area contributed by atoms with Crippen molar-refractivity contribution in [1.29, 1.82) is 0 Å². The molecule has 4 N–H and O–H groups in total. The summed E-state index contributed by atoms with van der Waals surface area (Å²) in [5, 5.41) is 25.6. The second-order valence-corrected chi connectivity index (χ2v) is 6.31. The molecule has 0 saturated carbocycles. The van der Waals surface area contributed by atoms with Crippen molar-refractivity contribution in [3.05, 3.63) is 12.2 Å². The number of allylic oxidation sites excluding steroid dienone is 1. The van der Waals surface area contributed by atoms with E-state index in [1.54, 1.807) is 0 Å². The Labute approximate surface area is 150 Å². The molecule has 2 saturated heterocycles. The molecule has 2 fully saturated rings. The van der Waals surface area contributed by atoms with Crippen LogP contribution in [0.4, 0.5) is 0 Å². The van der Waals surface area contributed by atoms with Crippen LogP contribution in [-0.4, -0.2) is 84.3 Å².